The van der Waals surface area contributed by atoms with E-state index in [1.165, 1.54) is 25.0 Å². The quantitative estimate of drug-likeness (QED) is 0.913. The highest BCUT2D eigenvalue weighted by Crippen LogP contribution is 2.17. The number of benzene rings is 1. The summed E-state index contributed by atoms with van der Waals surface area (Å²) in [5.41, 5.74) is 0.293. The van der Waals surface area contributed by atoms with Crippen molar-refractivity contribution in [1.29, 1.82) is 0 Å². The Morgan fingerprint density at radius 1 is 1.32 bits per heavy atom. The van der Waals surface area contributed by atoms with Crippen LogP contribution in [0.2, 0.25) is 0 Å². The molecule has 4 nitrogen and oxygen atoms in total. The van der Waals surface area contributed by atoms with E-state index in [2.05, 4.69) is 4.90 Å². The van der Waals surface area contributed by atoms with Gasteiger partial charge in [0.1, 0.15) is 5.82 Å². The number of halogens is 1. The normalized spacial score (nSPS) is 17.4. The lowest BCUT2D eigenvalue weighted by Gasteiger charge is -2.10. The van der Waals surface area contributed by atoms with Crippen LogP contribution in [0.1, 0.15) is 18.4 Å². The van der Waals surface area contributed by atoms with Crippen molar-refractivity contribution in [2.75, 3.05) is 19.6 Å². The molecule has 1 aliphatic rings. The number of hydrogen-bond donors (Lipinski definition) is 1. The van der Waals surface area contributed by atoms with E-state index < -0.39 is 15.8 Å². The van der Waals surface area contributed by atoms with Gasteiger partial charge < -0.3 is 0 Å². The molecule has 1 aromatic rings. The lowest BCUT2D eigenvalue weighted by Crippen LogP contribution is -2.18. The van der Waals surface area contributed by atoms with E-state index in [-0.39, 0.29) is 4.90 Å². The number of sulfonamides is 1. The Morgan fingerprint density at radius 2 is 2.00 bits per heavy atom. The molecular weight excluding hydrogens is 267 g/mol. The van der Waals surface area contributed by atoms with Crippen molar-refractivity contribution >= 4 is 16.1 Å². The van der Waals surface area contributed by atoms with Gasteiger partial charge in [0.15, 0.2) is 0 Å². The zero-order valence-electron chi connectivity index (χ0n) is 10.5. The van der Waals surface area contributed by atoms with Crippen LogP contribution in [0.5, 0.6) is 0 Å². The lowest BCUT2D eigenvalue weighted by atomic mass is 10.2. The number of likely N-dealkylation sites (tertiary alicyclic amines) is 1. The van der Waals surface area contributed by atoms with E-state index in [1.807, 2.05) is 6.08 Å². The second-order valence-corrected chi connectivity index (χ2v) is 6.17. The van der Waals surface area contributed by atoms with Crippen LogP contribution in [0.25, 0.3) is 6.08 Å². The van der Waals surface area contributed by atoms with Crippen LogP contribution >= 0.6 is 0 Å². The Bertz CT molecular complexity index is 578. The topological polar surface area (TPSA) is 63.4 Å². The van der Waals surface area contributed by atoms with Gasteiger partial charge in [-0.3, -0.25) is 4.90 Å². The molecule has 104 valence electrons. The van der Waals surface area contributed by atoms with Gasteiger partial charge in [-0.1, -0.05) is 12.2 Å². The molecule has 0 aromatic heterocycles. The maximum Gasteiger partial charge on any atom is 0.238 e. The summed E-state index contributed by atoms with van der Waals surface area (Å²) in [6, 6.07) is 3.47. The predicted octanol–water partition coefficient (Wildman–Crippen LogP) is 1.58. The Morgan fingerprint density at radius 3 is 2.63 bits per heavy atom. The van der Waals surface area contributed by atoms with Crippen LogP contribution in [-0.2, 0) is 10.0 Å². The van der Waals surface area contributed by atoms with Crippen LogP contribution < -0.4 is 5.14 Å². The van der Waals surface area contributed by atoms with Gasteiger partial charge in [0, 0.05) is 6.54 Å². The van der Waals surface area contributed by atoms with E-state index in [4.69, 9.17) is 5.14 Å². The van der Waals surface area contributed by atoms with Crippen LogP contribution in [-0.4, -0.2) is 33.0 Å². The summed E-state index contributed by atoms with van der Waals surface area (Å²) in [5.74, 6) is -0.478. The van der Waals surface area contributed by atoms with E-state index in [9.17, 15) is 12.8 Å². The average Bonchev–Trinajstić information content (AvgIpc) is 2.80. The molecule has 0 bridgehead atoms. The molecular formula is C13H17FN2O2S. The minimum absolute atomic E-state index is 0.0495. The first-order valence-corrected chi connectivity index (χ1v) is 7.73. The molecule has 1 fully saturated rings. The molecule has 1 aromatic carbocycles. The number of rotatable bonds is 4. The first kappa shape index (κ1) is 14.2. The molecule has 0 atom stereocenters. The molecule has 1 saturated heterocycles. The minimum atomic E-state index is -3.83. The first-order valence-electron chi connectivity index (χ1n) is 6.18. The fourth-order valence-corrected chi connectivity index (χ4v) is 2.92. The molecule has 6 heteroatoms. The van der Waals surface area contributed by atoms with Gasteiger partial charge in [-0.15, -0.1) is 0 Å². The SMILES string of the molecule is NS(=O)(=O)c1ccc(F)cc1/C=C\CN1CCCC1. The second kappa shape index (κ2) is 5.81. The molecule has 0 unspecified atom stereocenters. The predicted molar refractivity (Wildman–Crippen MR) is 72.5 cm³/mol. The minimum Gasteiger partial charge on any atom is -0.300 e. The summed E-state index contributed by atoms with van der Waals surface area (Å²) in [4.78, 5) is 2.21. The van der Waals surface area contributed by atoms with Crippen molar-refractivity contribution in [3.05, 3.63) is 35.7 Å². The molecule has 2 rings (SSSR count). The fourth-order valence-electron chi connectivity index (χ4n) is 2.20. The summed E-state index contributed by atoms with van der Waals surface area (Å²) in [5, 5.41) is 5.11. The van der Waals surface area contributed by atoms with Gasteiger partial charge >= 0.3 is 0 Å². The van der Waals surface area contributed by atoms with Crippen molar-refractivity contribution in [2.24, 2.45) is 5.14 Å². The van der Waals surface area contributed by atoms with E-state index in [0.29, 0.717) is 5.56 Å². The Balaban J connectivity index is 2.18. The summed E-state index contributed by atoms with van der Waals surface area (Å²) in [6.07, 6.45) is 5.84. The molecule has 1 aliphatic heterocycles. The van der Waals surface area contributed by atoms with Crippen molar-refractivity contribution in [3.8, 4) is 0 Å². The maximum absolute atomic E-state index is 13.2. The molecule has 0 spiro atoms. The molecule has 0 amide bonds. The average molecular weight is 284 g/mol. The molecule has 19 heavy (non-hydrogen) atoms. The Kier molecular flexibility index (Phi) is 4.34. The highest BCUT2D eigenvalue weighted by atomic mass is 32.2. The third kappa shape index (κ3) is 3.86. The molecule has 0 radical (unpaired) electrons. The smallest absolute Gasteiger partial charge is 0.238 e. The second-order valence-electron chi connectivity index (χ2n) is 4.64. The van der Waals surface area contributed by atoms with E-state index in [1.54, 1.807) is 6.08 Å². The highest BCUT2D eigenvalue weighted by molar-refractivity contribution is 7.89. The largest absolute Gasteiger partial charge is 0.300 e. The Hall–Kier alpha value is -1.24. The van der Waals surface area contributed by atoms with Crippen LogP contribution in [0.15, 0.2) is 29.2 Å². The third-order valence-electron chi connectivity index (χ3n) is 3.14. The summed E-state index contributed by atoms with van der Waals surface area (Å²) in [7, 11) is -3.83. The zero-order valence-corrected chi connectivity index (χ0v) is 11.4. The van der Waals surface area contributed by atoms with E-state index >= 15 is 0 Å². The van der Waals surface area contributed by atoms with Gasteiger partial charge in [0.25, 0.3) is 0 Å². The molecule has 0 saturated carbocycles. The van der Waals surface area contributed by atoms with Crippen molar-refractivity contribution in [3.63, 3.8) is 0 Å². The van der Waals surface area contributed by atoms with Gasteiger partial charge in [0.05, 0.1) is 4.90 Å². The van der Waals surface area contributed by atoms with Gasteiger partial charge in [-0.25, -0.2) is 17.9 Å². The first-order chi connectivity index (χ1) is 8.97. The molecule has 0 aliphatic carbocycles. The number of hydrogen-bond acceptors (Lipinski definition) is 3. The van der Waals surface area contributed by atoms with Crippen LogP contribution in [0, 0.1) is 5.82 Å². The standard InChI is InChI=1S/C13H17FN2O2S/c14-12-5-6-13(19(15,17)18)11(10-12)4-3-9-16-7-1-2-8-16/h3-6,10H,1-2,7-9H2,(H2,15,17,18)/b4-3-. The molecule has 2 N–H and O–H groups in total. The number of nitrogens with two attached hydrogens (primary N) is 1. The number of nitrogens with zero attached hydrogens (tertiary/aromatic N) is 1. The van der Waals surface area contributed by atoms with Gasteiger partial charge in [0.2, 0.25) is 10.0 Å². The van der Waals surface area contributed by atoms with Crippen LogP contribution in [0.4, 0.5) is 4.39 Å². The number of primary sulfonamides is 1. The third-order valence-corrected chi connectivity index (χ3v) is 4.12. The van der Waals surface area contributed by atoms with Gasteiger partial charge in [-0.05, 0) is 49.7 Å². The summed E-state index contributed by atoms with van der Waals surface area (Å²) < 4.78 is 36.0. The van der Waals surface area contributed by atoms with E-state index in [0.717, 1.165) is 25.7 Å². The summed E-state index contributed by atoms with van der Waals surface area (Å²) in [6.45, 7) is 2.84. The van der Waals surface area contributed by atoms with Crippen molar-refractivity contribution in [2.45, 2.75) is 17.7 Å². The zero-order chi connectivity index (χ0) is 13.9. The van der Waals surface area contributed by atoms with Gasteiger partial charge in [-0.2, -0.15) is 0 Å². The van der Waals surface area contributed by atoms with Crippen LogP contribution in [0.3, 0.4) is 0 Å². The fraction of sp³-hybridized carbons (Fsp3) is 0.385. The maximum atomic E-state index is 13.2. The molecule has 1 heterocycles. The highest BCUT2D eigenvalue weighted by Gasteiger charge is 2.13. The Labute approximate surface area is 112 Å². The van der Waals surface area contributed by atoms with Crippen molar-refractivity contribution < 1.29 is 12.8 Å². The van der Waals surface area contributed by atoms with Crippen molar-refractivity contribution in [1.82, 2.24) is 4.90 Å². The lowest BCUT2D eigenvalue weighted by molar-refractivity contribution is 0.378. The summed E-state index contributed by atoms with van der Waals surface area (Å²) >= 11 is 0. The monoisotopic (exact) mass is 284 g/mol.